The summed E-state index contributed by atoms with van der Waals surface area (Å²) in [5, 5.41) is 16.0. The molecular weight excluding hydrogens is 280 g/mol. The second kappa shape index (κ2) is 9.43. The average molecular weight is 308 g/mol. The van der Waals surface area contributed by atoms with Crippen molar-refractivity contribution in [3.8, 4) is 0 Å². The predicted octanol–water partition coefficient (Wildman–Crippen LogP) is 3.29. The van der Waals surface area contributed by atoms with E-state index in [2.05, 4.69) is 10.6 Å². The molecule has 0 saturated carbocycles. The summed E-state index contributed by atoms with van der Waals surface area (Å²) in [4.78, 5) is 12.0. The van der Waals surface area contributed by atoms with E-state index in [1.807, 2.05) is 38.1 Å². The monoisotopic (exact) mass is 308 g/mol. The van der Waals surface area contributed by atoms with Crippen molar-refractivity contribution in [3.05, 3.63) is 29.8 Å². The van der Waals surface area contributed by atoms with E-state index < -0.39 is 5.60 Å². The summed E-state index contributed by atoms with van der Waals surface area (Å²) in [6, 6.07) is 7.19. The van der Waals surface area contributed by atoms with Crippen LogP contribution in [-0.4, -0.2) is 30.4 Å². The van der Waals surface area contributed by atoms with Gasteiger partial charge >= 0.3 is 6.03 Å². The van der Waals surface area contributed by atoms with Crippen LogP contribution in [0.2, 0.25) is 0 Å². The number of carbonyl (C=O) groups is 1. The van der Waals surface area contributed by atoms with Gasteiger partial charge in [-0.2, -0.15) is 0 Å². The van der Waals surface area contributed by atoms with Crippen LogP contribution in [0.25, 0.3) is 0 Å². The smallest absolute Gasteiger partial charge is 0.319 e. The quantitative estimate of drug-likeness (QED) is 0.655. The summed E-state index contributed by atoms with van der Waals surface area (Å²) in [5.74, 6) is 0. The number of hydrogen-bond donors (Lipinski definition) is 3. The third kappa shape index (κ3) is 6.45. The van der Waals surface area contributed by atoms with Crippen molar-refractivity contribution in [1.29, 1.82) is 0 Å². The van der Waals surface area contributed by atoms with Crippen LogP contribution in [0, 0.1) is 0 Å². The van der Waals surface area contributed by atoms with Gasteiger partial charge in [0, 0.05) is 19.3 Å². The maximum absolute atomic E-state index is 12.0. The number of aliphatic hydroxyl groups is 1. The van der Waals surface area contributed by atoms with E-state index in [4.69, 9.17) is 4.74 Å². The van der Waals surface area contributed by atoms with Gasteiger partial charge in [-0.25, -0.2) is 4.79 Å². The normalized spacial score (nSPS) is 11.3. The number of amides is 2. The fraction of sp³-hybridized carbons (Fsp3) is 0.588. The van der Waals surface area contributed by atoms with Crippen LogP contribution >= 0.6 is 0 Å². The fourth-order valence-corrected chi connectivity index (χ4v) is 2.56. The molecule has 124 valence electrons. The van der Waals surface area contributed by atoms with Gasteiger partial charge in [0.25, 0.3) is 0 Å². The summed E-state index contributed by atoms with van der Waals surface area (Å²) < 4.78 is 5.07. The van der Waals surface area contributed by atoms with Gasteiger partial charge in [0.1, 0.15) is 0 Å². The van der Waals surface area contributed by atoms with Gasteiger partial charge in [0.05, 0.1) is 12.2 Å². The third-order valence-corrected chi connectivity index (χ3v) is 3.50. The lowest BCUT2D eigenvalue weighted by atomic mass is 9.93. The van der Waals surface area contributed by atoms with Gasteiger partial charge in [-0.3, -0.25) is 0 Å². The highest BCUT2D eigenvalue weighted by molar-refractivity contribution is 5.89. The van der Waals surface area contributed by atoms with Crippen molar-refractivity contribution in [1.82, 2.24) is 5.32 Å². The minimum absolute atomic E-state index is 0.262. The van der Waals surface area contributed by atoms with Crippen LogP contribution in [0.4, 0.5) is 10.5 Å². The number of rotatable bonds is 9. The molecule has 1 aromatic rings. The molecule has 0 aliphatic heterocycles. The van der Waals surface area contributed by atoms with Gasteiger partial charge in [-0.05, 0) is 30.5 Å². The first-order valence-electron chi connectivity index (χ1n) is 7.88. The van der Waals surface area contributed by atoms with Crippen LogP contribution in [0.5, 0.6) is 0 Å². The molecule has 2 amide bonds. The highest BCUT2D eigenvalue weighted by atomic mass is 16.5. The van der Waals surface area contributed by atoms with E-state index in [1.54, 1.807) is 7.11 Å². The first kappa shape index (κ1) is 18.5. The second-order valence-electron chi connectivity index (χ2n) is 5.67. The minimum atomic E-state index is -0.821. The lowest BCUT2D eigenvalue weighted by Gasteiger charge is -2.27. The van der Waals surface area contributed by atoms with Crippen LogP contribution in [0.3, 0.4) is 0 Å². The molecule has 0 aliphatic carbocycles. The molecule has 5 nitrogen and oxygen atoms in total. The number of anilines is 1. The Hall–Kier alpha value is -1.59. The number of benzene rings is 1. The second-order valence-corrected chi connectivity index (χ2v) is 5.67. The highest BCUT2D eigenvalue weighted by Crippen LogP contribution is 2.18. The Balaban J connectivity index is 2.53. The van der Waals surface area contributed by atoms with Crippen LogP contribution in [-0.2, 0) is 11.3 Å². The number of carbonyl (C=O) groups excluding carboxylic acids is 1. The van der Waals surface area contributed by atoms with E-state index in [-0.39, 0.29) is 12.6 Å². The fourth-order valence-electron chi connectivity index (χ4n) is 2.56. The molecule has 0 heterocycles. The third-order valence-electron chi connectivity index (χ3n) is 3.50. The molecular formula is C17H28N2O3. The number of hydrogen-bond acceptors (Lipinski definition) is 3. The largest absolute Gasteiger partial charge is 0.388 e. The first-order valence-corrected chi connectivity index (χ1v) is 7.88. The Morgan fingerprint density at radius 3 is 2.55 bits per heavy atom. The van der Waals surface area contributed by atoms with Crippen molar-refractivity contribution in [3.63, 3.8) is 0 Å². The Labute approximate surface area is 133 Å². The average Bonchev–Trinajstić information content (AvgIpc) is 2.47. The van der Waals surface area contributed by atoms with Crippen molar-refractivity contribution in [2.24, 2.45) is 0 Å². The minimum Gasteiger partial charge on any atom is -0.388 e. The number of urea groups is 1. The zero-order chi connectivity index (χ0) is 16.4. The van der Waals surface area contributed by atoms with Crippen molar-refractivity contribution in [2.45, 2.75) is 51.7 Å². The van der Waals surface area contributed by atoms with E-state index in [1.165, 1.54) is 0 Å². The number of methoxy groups -OCH3 is 1. The van der Waals surface area contributed by atoms with Crippen LogP contribution in [0.15, 0.2) is 24.3 Å². The van der Waals surface area contributed by atoms with E-state index in [9.17, 15) is 9.90 Å². The maximum atomic E-state index is 12.0. The van der Waals surface area contributed by atoms with E-state index in [0.29, 0.717) is 25.1 Å². The first-order chi connectivity index (χ1) is 10.5. The molecule has 3 N–H and O–H groups in total. The van der Waals surface area contributed by atoms with Crippen molar-refractivity contribution in [2.75, 3.05) is 19.0 Å². The Morgan fingerprint density at radius 1 is 1.27 bits per heavy atom. The standard InChI is InChI=1S/C17H28N2O3/c1-4-9-17(21,10-5-2)13-18-16(20)19-15-8-6-7-14(11-15)12-22-3/h6-8,11,21H,4-5,9-10,12-13H2,1-3H3,(H2,18,19,20). The topological polar surface area (TPSA) is 70.6 Å². The molecule has 0 aliphatic rings. The predicted molar refractivity (Wildman–Crippen MR) is 88.9 cm³/mol. The number of nitrogens with one attached hydrogen (secondary N) is 2. The van der Waals surface area contributed by atoms with E-state index >= 15 is 0 Å². The molecule has 0 saturated heterocycles. The molecule has 5 heteroatoms. The molecule has 0 unspecified atom stereocenters. The van der Waals surface area contributed by atoms with Gasteiger partial charge in [-0.15, -0.1) is 0 Å². The van der Waals surface area contributed by atoms with Crippen LogP contribution < -0.4 is 10.6 Å². The summed E-state index contributed by atoms with van der Waals surface area (Å²) in [6.07, 6.45) is 3.15. The summed E-state index contributed by atoms with van der Waals surface area (Å²) in [7, 11) is 1.63. The zero-order valence-corrected chi connectivity index (χ0v) is 13.8. The Bertz CT molecular complexity index is 457. The van der Waals surface area contributed by atoms with Crippen LogP contribution in [0.1, 0.15) is 45.1 Å². The van der Waals surface area contributed by atoms with Crippen molar-refractivity contribution >= 4 is 11.7 Å². The molecule has 22 heavy (non-hydrogen) atoms. The van der Waals surface area contributed by atoms with E-state index in [0.717, 1.165) is 18.4 Å². The number of ether oxygens (including phenoxy) is 1. The maximum Gasteiger partial charge on any atom is 0.319 e. The summed E-state index contributed by atoms with van der Waals surface area (Å²) >= 11 is 0. The molecule has 0 fully saturated rings. The SMILES string of the molecule is CCCC(O)(CCC)CNC(=O)Nc1cccc(COC)c1. The van der Waals surface area contributed by atoms with Crippen molar-refractivity contribution < 1.29 is 14.6 Å². The van der Waals surface area contributed by atoms with Gasteiger partial charge in [-0.1, -0.05) is 38.8 Å². The molecule has 0 atom stereocenters. The molecule has 0 bridgehead atoms. The lowest BCUT2D eigenvalue weighted by Crippen LogP contribution is -2.44. The zero-order valence-electron chi connectivity index (χ0n) is 13.8. The molecule has 1 rings (SSSR count). The molecule has 1 aromatic carbocycles. The summed E-state index contributed by atoms with van der Waals surface area (Å²) in [5.41, 5.74) is 0.883. The molecule has 0 aromatic heterocycles. The van der Waals surface area contributed by atoms with Gasteiger partial charge in [0.15, 0.2) is 0 Å². The highest BCUT2D eigenvalue weighted by Gasteiger charge is 2.25. The van der Waals surface area contributed by atoms with Gasteiger partial charge < -0.3 is 20.5 Å². The molecule has 0 radical (unpaired) electrons. The van der Waals surface area contributed by atoms with Gasteiger partial charge in [0.2, 0.25) is 0 Å². The summed E-state index contributed by atoms with van der Waals surface area (Å²) in [6.45, 7) is 4.83. The Kier molecular flexibility index (Phi) is 7.91. The molecule has 0 spiro atoms. The lowest BCUT2D eigenvalue weighted by molar-refractivity contribution is 0.0245. The Morgan fingerprint density at radius 2 is 1.95 bits per heavy atom.